The van der Waals surface area contributed by atoms with Gasteiger partial charge in [0, 0.05) is 12.7 Å². The van der Waals surface area contributed by atoms with Crippen LogP contribution in [0.2, 0.25) is 10.0 Å². The number of ether oxygens (including phenoxy) is 1. The van der Waals surface area contributed by atoms with Crippen LogP contribution in [0, 0.1) is 5.92 Å². The number of nitrogens with zero attached hydrogens (tertiary/aromatic N) is 2. The molecule has 2 aromatic rings. The van der Waals surface area contributed by atoms with Gasteiger partial charge < -0.3 is 10.1 Å². The second-order valence-corrected chi connectivity index (χ2v) is 5.81. The van der Waals surface area contributed by atoms with Gasteiger partial charge in [-0.1, -0.05) is 43.1 Å². The molecule has 0 spiro atoms. The molecule has 0 aliphatic heterocycles. The van der Waals surface area contributed by atoms with Gasteiger partial charge in [0.15, 0.2) is 0 Å². The minimum absolute atomic E-state index is 0.365. The predicted molar refractivity (Wildman–Crippen MR) is 85.1 cm³/mol. The third kappa shape index (κ3) is 4.84. The number of hydrogen-bond donors (Lipinski definition) is 1. The predicted octanol–water partition coefficient (Wildman–Crippen LogP) is 4.32. The molecule has 6 heteroatoms. The van der Waals surface area contributed by atoms with E-state index in [0.717, 1.165) is 12.2 Å². The van der Waals surface area contributed by atoms with Crippen molar-refractivity contribution in [2.75, 3.05) is 6.54 Å². The molecule has 0 radical (unpaired) electrons. The van der Waals surface area contributed by atoms with E-state index in [2.05, 4.69) is 29.1 Å². The van der Waals surface area contributed by atoms with Gasteiger partial charge in [-0.2, -0.15) is 0 Å². The number of rotatable bonds is 6. The molecule has 0 aliphatic carbocycles. The highest BCUT2D eigenvalue weighted by Crippen LogP contribution is 2.33. The molecule has 0 saturated carbocycles. The van der Waals surface area contributed by atoms with Crippen LogP contribution in [0.5, 0.6) is 11.6 Å². The Morgan fingerprint density at radius 1 is 1.24 bits per heavy atom. The average Bonchev–Trinajstić information content (AvgIpc) is 2.44. The van der Waals surface area contributed by atoms with Crippen LogP contribution in [0.4, 0.5) is 0 Å². The van der Waals surface area contributed by atoms with Gasteiger partial charge in [0.25, 0.3) is 0 Å². The molecule has 0 fully saturated rings. The summed E-state index contributed by atoms with van der Waals surface area (Å²) in [5, 5.41) is 4.11. The standard InChI is InChI=1S/C15H17Cl2N3O/c1-10(2)6-18-7-11-8-19-9-14(20-11)21-13-5-3-4-12(16)15(13)17/h3-5,8-10,18H,6-7H2,1-2H3. The van der Waals surface area contributed by atoms with E-state index < -0.39 is 0 Å². The van der Waals surface area contributed by atoms with Crippen molar-refractivity contribution in [2.24, 2.45) is 5.92 Å². The Bertz CT molecular complexity index is 605. The van der Waals surface area contributed by atoms with Gasteiger partial charge >= 0.3 is 0 Å². The van der Waals surface area contributed by atoms with Crippen LogP contribution in [0.25, 0.3) is 0 Å². The van der Waals surface area contributed by atoms with Crippen molar-refractivity contribution in [1.29, 1.82) is 0 Å². The monoisotopic (exact) mass is 325 g/mol. The van der Waals surface area contributed by atoms with E-state index in [9.17, 15) is 0 Å². The number of benzene rings is 1. The van der Waals surface area contributed by atoms with Gasteiger partial charge in [-0.05, 0) is 24.6 Å². The van der Waals surface area contributed by atoms with Crippen LogP contribution in [0.3, 0.4) is 0 Å². The van der Waals surface area contributed by atoms with Crippen molar-refractivity contribution in [3.8, 4) is 11.6 Å². The highest BCUT2D eigenvalue weighted by atomic mass is 35.5. The molecule has 0 atom stereocenters. The second-order valence-electron chi connectivity index (χ2n) is 5.03. The molecule has 112 valence electrons. The van der Waals surface area contributed by atoms with Gasteiger partial charge in [0.1, 0.15) is 10.8 Å². The topological polar surface area (TPSA) is 47.0 Å². The van der Waals surface area contributed by atoms with E-state index in [1.807, 2.05) is 0 Å². The van der Waals surface area contributed by atoms with Gasteiger partial charge in [-0.3, -0.25) is 4.98 Å². The fraction of sp³-hybridized carbons (Fsp3) is 0.333. The lowest BCUT2D eigenvalue weighted by molar-refractivity contribution is 0.455. The van der Waals surface area contributed by atoms with Crippen molar-refractivity contribution in [3.63, 3.8) is 0 Å². The summed E-state index contributed by atoms with van der Waals surface area (Å²) < 4.78 is 5.64. The van der Waals surface area contributed by atoms with Crippen molar-refractivity contribution in [3.05, 3.63) is 46.3 Å². The average molecular weight is 326 g/mol. The van der Waals surface area contributed by atoms with Crippen LogP contribution in [0.1, 0.15) is 19.5 Å². The number of halogens is 2. The number of hydrogen-bond acceptors (Lipinski definition) is 4. The summed E-state index contributed by atoms with van der Waals surface area (Å²) in [7, 11) is 0. The summed E-state index contributed by atoms with van der Waals surface area (Å²) in [6.45, 7) is 5.87. The van der Waals surface area contributed by atoms with E-state index >= 15 is 0 Å². The van der Waals surface area contributed by atoms with Crippen molar-refractivity contribution in [2.45, 2.75) is 20.4 Å². The highest BCUT2D eigenvalue weighted by Gasteiger charge is 2.08. The van der Waals surface area contributed by atoms with Crippen molar-refractivity contribution in [1.82, 2.24) is 15.3 Å². The normalized spacial score (nSPS) is 10.9. The zero-order chi connectivity index (χ0) is 15.2. The first-order chi connectivity index (χ1) is 10.1. The smallest absolute Gasteiger partial charge is 0.238 e. The molecular formula is C15H17Cl2N3O. The van der Waals surface area contributed by atoms with Crippen LogP contribution in [-0.2, 0) is 6.54 Å². The quantitative estimate of drug-likeness (QED) is 0.859. The van der Waals surface area contributed by atoms with Crippen molar-refractivity contribution >= 4 is 23.2 Å². The Morgan fingerprint density at radius 2 is 2.05 bits per heavy atom. The zero-order valence-corrected chi connectivity index (χ0v) is 13.4. The van der Waals surface area contributed by atoms with Crippen LogP contribution in [0.15, 0.2) is 30.6 Å². The molecule has 0 unspecified atom stereocenters. The van der Waals surface area contributed by atoms with E-state index in [1.165, 1.54) is 0 Å². The number of aromatic nitrogens is 2. The summed E-state index contributed by atoms with van der Waals surface area (Å²) in [6.07, 6.45) is 3.25. The summed E-state index contributed by atoms with van der Waals surface area (Å²) in [6, 6.07) is 5.21. The first kappa shape index (κ1) is 16.0. The molecule has 0 saturated heterocycles. The van der Waals surface area contributed by atoms with E-state index in [4.69, 9.17) is 27.9 Å². The molecule has 1 heterocycles. The molecule has 21 heavy (non-hydrogen) atoms. The molecule has 1 aromatic carbocycles. The lowest BCUT2D eigenvalue weighted by Crippen LogP contribution is -2.19. The van der Waals surface area contributed by atoms with Crippen LogP contribution < -0.4 is 10.1 Å². The minimum Gasteiger partial charge on any atom is -0.436 e. The Labute approximate surface area is 134 Å². The first-order valence-corrected chi connectivity index (χ1v) is 7.45. The fourth-order valence-electron chi connectivity index (χ4n) is 1.69. The second kappa shape index (κ2) is 7.59. The van der Waals surface area contributed by atoms with Gasteiger partial charge in [0.05, 0.1) is 16.9 Å². The van der Waals surface area contributed by atoms with Crippen LogP contribution in [-0.4, -0.2) is 16.5 Å². The lowest BCUT2D eigenvalue weighted by atomic mass is 10.2. The number of nitrogens with one attached hydrogen (secondary N) is 1. The SMILES string of the molecule is CC(C)CNCc1cncc(Oc2cccc(Cl)c2Cl)n1. The summed E-state index contributed by atoms with van der Waals surface area (Å²) >= 11 is 12.0. The lowest BCUT2D eigenvalue weighted by Gasteiger charge is -2.09. The molecule has 1 N–H and O–H groups in total. The largest absolute Gasteiger partial charge is 0.436 e. The van der Waals surface area contributed by atoms with Crippen molar-refractivity contribution < 1.29 is 4.74 Å². The molecule has 2 rings (SSSR count). The molecule has 0 amide bonds. The highest BCUT2D eigenvalue weighted by molar-refractivity contribution is 6.42. The van der Waals surface area contributed by atoms with E-state index in [1.54, 1.807) is 30.6 Å². The molecule has 4 nitrogen and oxygen atoms in total. The maximum absolute atomic E-state index is 6.08. The Kier molecular flexibility index (Phi) is 5.79. The fourth-order valence-corrected chi connectivity index (χ4v) is 2.02. The molecular weight excluding hydrogens is 309 g/mol. The first-order valence-electron chi connectivity index (χ1n) is 6.69. The van der Waals surface area contributed by atoms with Gasteiger partial charge in [-0.15, -0.1) is 0 Å². The summed E-state index contributed by atoms with van der Waals surface area (Å²) in [5.74, 6) is 1.44. The summed E-state index contributed by atoms with van der Waals surface area (Å²) in [5.41, 5.74) is 0.811. The van der Waals surface area contributed by atoms with Gasteiger partial charge in [-0.25, -0.2) is 4.98 Å². The third-order valence-electron chi connectivity index (χ3n) is 2.65. The molecule has 1 aromatic heterocycles. The van der Waals surface area contributed by atoms with Gasteiger partial charge in [0.2, 0.25) is 5.88 Å². The maximum atomic E-state index is 6.08. The minimum atomic E-state index is 0.365. The van der Waals surface area contributed by atoms with E-state index in [-0.39, 0.29) is 0 Å². The summed E-state index contributed by atoms with van der Waals surface area (Å²) in [4.78, 5) is 8.51. The molecule has 0 bridgehead atoms. The Morgan fingerprint density at radius 3 is 2.81 bits per heavy atom. The Balaban J connectivity index is 2.05. The van der Waals surface area contributed by atoms with E-state index in [0.29, 0.717) is 34.1 Å². The third-order valence-corrected chi connectivity index (χ3v) is 3.45. The zero-order valence-electron chi connectivity index (χ0n) is 11.9. The Hall–Kier alpha value is -1.36. The molecule has 0 aliphatic rings. The maximum Gasteiger partial charge on any atom is 0.238 e. The van der Waals surface area contributed by atoms with Crippen LogP contribution >= 0.6 is 23.2 Å².